The second-order valence-electron chi connectivity index (χ2n) is 10.5. The van der Waals surface area contributed by atoms with Gasteiger partial charge in [-0.1, -0.05) is 40.5 Å². The highest BCUT2D eigenvalue weighted by Gasteiger charge is 2.30. The van der Waals surface area contributed by atoms with Gasteiger partial charge in [-0.15, -0.1) is 0 Å². The van der Waals surface area contributed by atoms with Crippen LogP contribution in [0.4, 0.5) is 0 Å². The molecule has 0 radical (unpaired) electrons. The van der Waals surface area contributed by atoms with Crippen LogP contribution in [0.2, 0.25) is 0 Å². The first kappa shape index (κ1) is 32.3. The maximum Gasteiger partial charge on any atom is 0.222 e. The standard InChI is InChI=1S/C13H28N2O2S.C10H18N2O.C4H10/c1-4-8-15(10-9-14(3)5-2)13-6-11-18(16,17)12-7-13;1-11-7-4-9(5-8-11)12-6-2-3-10(12)13;1-3-4-2/h13H,4-12H2,1-3H3;9H,2-8H2,1H3;3-4H2,1-2H3. The van der Waals surface area contributed by atoms with E-state index >= 15 is 0 Å². The quantitative estimate of drug-likeness (QED) is 0.465. The number of carbonyl (C=O) groups excluding carboxylic acids is 1. The predicted molar refractivity (Wildman–Crippen MR) is 149 cm³/mol. The van der Waals surface area contributed by atoms with Gasteiger partial charge in [-0.3, -0.25) is 9.69 Å². The molecule has 0 unspecified atom stereocenters. The first-order chi connectivity index (χ1) is 16.7. The molecule has 0 saturated carbocycles. The first-order valence-corrected chi connectivity index (χ1v) is 16.1. The van der Waals surface area contributed by atoms with Gasteiger partial charge in [-0.2, -0.15) is 0 Å². The summed E-state index contributed by atoms with van der Waals surface area (Å²) in [6, 6.07) is 1.02. The molecule has 3 aliphatic heterocycles. The molecule has 0 aliphatic carbocycles. The topological polar surface area (TPSA) is 64.2 Å². The van der Waals surface area contributed by atoms with Crippen molar-refractivity contribution in [3.05, 3.63) is 0 Å². The third kappa shape index (κ3) is 12.9. The van der Waals surface area contributed by atoms with E-state index in [1.165, 1.54) is 25.7 Å². The van der Waals surface area contributed by atoms with Gasteiger partial charge < -0.3 is 14.7 Å². The van der Waals surface area contributed by atoms with E-state index in [-0.39, 0.29) is 0 Å². The third-order valence-corrected chi connectivity index (χ3v) is 9.31. The number of likely N-dealkylation sites (tertiary alicyclic amines) is 2. The minimum absolute atomic E-state index is 0.376. The summed E-state index contributed by atoms with van der Waals surface area (Å²) in [7, 11) is 1.55. The fourth-order valence-electron chi connectivity index (χ4n) is 4.83. The molecular formula is C27H56N4O3S. The minimum Gasteiger partial charge on any atom is -0.340 e. The maximum atomic E-state index is 11.5. The van der Waals surface area contributed by atoms with Gasteiger partial charge in [0, 0.05) is 38.1 Å². The SMILES string of the molecule is CCCC.CCCN(CCN(C)CC)C1CCS(=O)(=O)CC1.CN1CCC(N2CCCC2=O)CC1. The molecule has 0 spiro atoms. The first-order valence-electron chi connectivity index (χ1n) is 14.3. The molecule has 3 aliphatic rings. The number of hydrogen-bond donors (Lipinski definition) is 0. The third-order valence-electron chi connectivity index (χ3n) is 7.60. The van der Waals surface area contributed by atoms with Crippen molar-refractivity contribution in [1.82, 2.24) is 19.6 Å². The fourth-order valence-corrected chi connectivity index (χ4v) is 6.29. The summed E-state index contributed by atoms with van der Waals surface area (Å²) in [4.78, 5) is 20.7. The van der Waals surface area contributed by atoms with Crippen LogP contribution in [0.3, 0.4) is 0 Å². The van der Waals surface area contributed by atoms with E-state index in [4.69, 9.17) is 0 Å². The summed E-state index contributed by atoms with van der Waals surface area (Å²) in [6.07, 6.45) is 9.61. The highest BCUT2D eigenvalue weighted by atomic mass is 32.2. The number of sulfone groups is 1. The Bertz CT molecular complexity index is 649. The number of nitrogens with zero attached hydrogens (tertiary/aromatic N) is 4. The van der Waals surface area contributed by atoms with Crippen LogP contribution < -0.4 is 0 Å². The highest BCUT2D eigenvalue weighted by molar-refractivity contribution is 7.91. The number of hydrogen-bond acceptors (Lipinski definition) is 6. The van der Waals surface area contributed by atoms with Crippen molar-refractivity contribution in [1.29, 1.82) is 0 Å². The zero-order chi connectivity index (χ0) is 26.3. The Labute approximate surface area is 217 Å². The van der Waals surface area contributed by atoms with Crippen molar-refractivity contribution in [2.45, 2.75) is 97.6 Å². The summed E-state index contributed by atoms with van der Waals surface area (Å²) in [6.45, 7) is 16.3. The smallest absolute Gasteiger partial charge is 0.222 e. The second kappa shape index (κ2) is 17.7. The lowest BCUT2D eigenvalue weighted by Gasteiger charge is -2.35. The Hall–Kier alpha value is -0.700. The van der Waals surface area contributed by atoms with Crippen molar-refractivity contribution >= 4 is 15.7 Å². The molecule has 35 heavy (non-hydrogen) atoms. The van der Waals surface area contributed by atoms with Gasteiger partial charge in [0.15, 0.2) is 0 Å². The van der Waals surface area contributed by atoms with Crippen molar-refractivity contribution in [3.63, 3.8) is 0 Å². The summed E-state index contributed by atoms with van der Waals surface area (Å²) in [5, 5.41) is 0. The number of piperidine rings is 1. The second-order valence-corrected chi connectivity index (χ2v) is 12.8. The van der Waals surface area contributed by atoms with E-state index in [1.807, 2.05) is 0 Å². The number of unbranched alkanes of at least 4 members (excludes halogenated alkanes) is 1. The summed E-state index contributed by atoms with van der Waals surface area (Å²) in [5.74, 6) is 1.14. The van der Waals surface area contributed by atoms with E-state index in [9.17, 15) is 13.2 Å². The van der Waals surface area contributed by atoms with Gasteiger partial charge in [0.25, 0.3) is 0 Å². The van der Waals surface area contributed by atoms with Crippen LogP contribution >= 0.6 is 0 Å². The van der Waals surface area contributed by atoms with Gasteiger partial charge in [-0.05, 0) is 78.8 Å². The molecule has 0 aromatic heterocycles. The Morgan fingerprint density at radius 3 is 1.91 bits per heavy atom. The molecule has 3 rings (SSSR count). The molecule has 208 valence electrons. The molecule has 0 aromatic carbocycles. The Balaban J connectivity index is 0.000000314. The van der Waals surface area contributed by atoms with E-state index in [0.717, 1.165) is 77.9 Å². The lowest BCUT2D eigenvalue weighted by Crippen LogP contribution is -2.44. The van der Waals surface area contributed by atoms with E-state index < -0.39 is 9.84 Å². The van der Waals surface area contributed by atoms with Crippen LogP contribution in [0.1, 0.15) is 85.5 Å². The number of likely N-dealkylation sites (N-methyl/N-ethyl adjacent to an activating group) is 1. The molecule has 3 saturated heterocycles. The largest absolute Gasteiger partial charge is 0.340 e. The van der Waals surface area contributed by atoms with Crippen LogP contribution in [0.5, 0.6) is 0 Å². The summed E-state index contributed by atoms with van der Waals surface area (Å²) < 4.78 is 22.9. The lowest BCUT2D eigenvalue weighted by molar-refractivity contribution is -0.130. The van der Waals surface area contributed by atoms with Crippen LogP contribution in [-0.2, 0) is 14.6 Å². The highest BCUT2D eigenvalue weighted by Crippen LogP contribution is 2.21. The normalized spacial score (nSPS) is 21.6. The van der Waals surface area contributed by atoms with E-state index in [2.05, 4.69) is 61.4 Å². The molecule has 8 heteroatoms. The number of rotatable bonds is 9. The van der Waals surface area contributed by atoms with E-state index in [0.29, 0.717) is 29.5 Å². The molecule has 1 amide bonds. The summed E-state index contributed by atoms with van der Waals surface area (Å²) in [5.41, 5.74) is 0. The molecule has 7 nitrogen and oxygen atoms in total. The van der Waals surface area contributed by atoms with Crippen molar-refractivity contribution in [2.75, 3.05) is 71.4 Å². The lowest BCUT2D eigenvalue weighted by atomic mass is 10.0. The number of amides is 1. The van der Waals surface area contributed by atoms with Gasteiger partial charge >= 0.3 is 0 Å². The summed E-state index contributed by atoms with van der Waals surface area (Å²) >= 11 is 0. The van der Waals surface area contributed by atoms with Crippen LogP contribution in [-0.4, -0.2) is 117 Å². The average molecular weight is 517 g/mol. The zero-order valence-electron chi connectivity index (χ0n) is 23.8. The molecule has 3 fully saturated rings. The van der Waals surface area contributed by atoms with Crippen LogP contribution in [0.25, 0.3) is 0 Å². The van der Waals surface area contributed by atoms with Crippen LogP contribution in [0, 0.1) is 0 Å². The average Bonchev–Trinajstić information content (AvgIpc) is 3.28. The predicted octanol–water partition coefficient (Wildman–Crippen LogP) is 3.74. The minimum atomic E-state index is -2.74. The molecular weight excluding hydrogens is 460 g/mol. The van der Waals surface area contributed by atoms with Crippen molar-refractivity contribution < 1.29 is 13.2 Å². The Kier molecular flexibility index (Phi) is 16.4. The van der Waals surface area contributed by atoms with Gasteiger partial charge in [0.1, 0.15) is 9.84 Å². The van der Waals surface area contributed by atoms with E-state index in [1.54, 1.807) is 0 Å². The molecule has 0 N–H and O–H groups in total. The molecule has 3 heterocycles. The Morgan fingerprint density at radius 2 is 1.46 bits per heavy atom. The van der Waals surface area contributed by atoms with Gasteiger partial charge in [0.05, 0.1) is 11.5 Å². The zero-order valence-corrected chi connectivity index (χ0v) is 24.6. The van der Waals surface area contributed by atoms with Crippen LogP contribution in [0.15, 0.2) is 0 Å². The molecule has 0 aromatic rings. The Morgan fingerprint density at radius 1 is 0.857 bits per heavy atom. The molecule has 0 atom stereocenters. The monoisotopic (exact) mass is 516 g/mol. The van der Waals surface area contributed by atoms with Gasteiger partial charge in [-0.25, -0.2) is 8.42 Å². The van der Waals surface area contributed by atoms with Crippen molar-refractivity contribution in [3.8, 4) is 0 Å². The van der Waals surface area contributed by atoms with Gasteiger partial charge in [0.2, 0.25) is 5.91 Å². The van der Waals surface area contributed by atoms with Crippen molar-refractivity contribution in [2.24, 2.45) is 0 Å². The molecule has 0 bridgehead atoms. The fraction of sp³-hybridized carbons (Fsp3) is 0.963. The number of carbonyl (C=O) groups is 1. The maximum absolute atomic E-state index is 11.5.